The largest absolute Gasteiger partial charge is 0.342 e. The van der Waals surface area contributed by atoms with E-state index in [1.165, 1.54) is 30.0 Å². The lowest BCUT2D eigenvalue weighted by Crippen LogP contribution is -2.29. The molecule has 0 radical (unpaired) electrons. The maximum atomic E-state index is 13.9. The van der Waals surface area contributed by atoms with Gasteiger partial charge in [-0.2, -0.15) is 0 Å². The van der Waals surface area contributed by atoms with Gasteiger partial charge in [-0.15, -0.1) is 10.2 Å². The molecule has 2 amide bonds. The van der Waals surface area contributed by atoms with Gasteiger partial charge in [0.05, 0.1) is 22.4 Å². The Bertz CT molecular complexity index is 1140. The molecule has 0 unspecified atom stereocenters. The van der Waals surface area contributed by atoms with Gasteiger partial charge < -0.3 is 15.2 Å². The molecular formula is C21H20BrClFN5O2S. The summed E-state index contributed by atoms with van der Waals surface area (Å²) in [5.41, 5.74) is 0.548. The number of halogens is 3. The minimum absolute atomic E-state index is 0.0405. The predicted octanol–water partition coefficient (Wildman–Crippen LogP) is 5.07. The second-order valence-corrected chi connectivity index (χ2v) is 8.93. The second-order valence-electron chi connectivity index (χ2n) is 6.73. The summed E-state index contributed by atoms with van der Waals surface area (Å²) in [5, 5.41) is 14.9. The van der Waals surface area contributed by atoms with Crippen LogP contribution in [-0.4, -0.2) is 32.3 Å². The number of nitrogens with zero attached hydrogens (tertiary/aromatic N) is 3. The number of anilines is 1. The van der Waals surface area contributed by atoms with E-state index in [1.807, 2.05) is 6.92 Å². The van der Waals surface area contributed by atoms with Crippen LogP contribution in [0.15, 0.2) is 52.1 Å². The Morgan fingerprint density at radius 1 is 1.25 bits per heavy atom. The number of aromatic nitrogens is 3. The summed E-state index contributed by atoms with van der Waals surface area (Å²) in [7, 11) is 0. The molecule has 7 nitrogen and oxygen atoms in total. The van der Waals surface area contributed by atoms with Crippen LogP contribution in [-0.2, 0) is 11.3 Å². The van der Waals surface area contributed by atoms with Crippen molar-refractivity contribution in [2.75, 3.05) is 11.1 Å². The summed E-state index contributed by atoms with van der Waals surface area (Å²) in [4.78, 5) is 24.7. The van der Waals surface area contributed by atoms with E-state index in [0.717, 1.165) is 4.47 Å². The summed E-state index contributed by atoms with van der Waals surface area (Å²) in [6.45, 7) is 4.19. The van der Waals surface area contributed by atoms with Gasteiger partial charge in [0.2, 0.25) is 5.91 Å². The van der Waals surface area contributed by atoms with Gasteiger partial charge in [0.1, 0.15) is 5.82 Å². The maximum Gasteiger partial charge on any atom is 0.254 e. The third-order valence-electron chi connectivity index (χ3n) is 4.45. The average molecular weight is 541 g/mol. The van der Waals surface area contributed by atoms with Crippen LogP contribution in [0.2, 0.25) is 5.02 Å². The maximum absolute atomic E-state index is 13.9. The first-order valence-electron chi connectivity index (χ1n) is 9.66. The van der Waals surface area contributed by atoms with Crippen molar-refractivity contribution in [2.24, 2.45) is 0 Å². The number of amides is 2. The van der Waals surface area contributed by atoms with Gasteiger partial charge in [-0.25, -0.2) is 4.39 Å². The molecule has 1 atom stereocenters. The summed E-state index contributed by atoms with van der Waals surface area (Å²) < 4.78 is 16.4. The van der Waals surface area contributed by atoms with Crippen LogP contribution < -0.4 is 10.6 Å². The van der Waals surface area contributed by atoms with E-state index in [9.17, 15) is 14.0 Å². The zero-order valence-corrected chi connectivity index (χ0v) is 20.4. The van der Waals surface area contributed by atoms with Crippen LogP contribution in [0.25, 0.3) is 0 Å². The van der Waals surface area contributed by atoms with Crippen molar-refractivity contribution in [3.63, 3.8) is 0 Å². The first-order valence-corrected chi connectivity index (χ1v) is 11.8. The number of benzene rings is 2. The third kappa shape index (κ3) is 5.87. The molecule has 168 valence electrons. The molecule has 2 N–H and O–H groups in total. The Morgan fingerprint density at radius 2 is 2.00 bits per heavy atom. The number of rotatable bonds is 8. The van der Waals surface area contributed by atoms with Gasteiger partial charge in [-0.05, 0) is 60.1 Å². The van der Waals surface area contributed by atoms with Gasteiger partial charge in [0.25, 0.3) is 5.91 Å². The highest BCUT2D eigenvalue weighted by Gasteiger charge is 2.21. The molecule has 0 aliphatic rings. The molecule has 3 aromatic rings. The molecule has 1 aromatic heterocycles. The summed E-state index contributed by atoms with van der Waals surface area (Å²) >= 11 is 10.6. The molecule has 2 aromatic carbocycles. The molecule has 0 aliphatic heterocycles. The third-order valence-corrected chi connectivity index (χ3v) is 6.65. The first kappa shape index (κ1) is 24.2. The van der Waals surface area contributed by atoms with E-state index in [2.05, 4.69) is 36.8 Å². The first-order chi connectivity index (χ1) is 15.3. The molecule has 1 heterocycles. The zero-order valence-electron chi connectivity index (χ0n) is 17.2. The number of hydrogen-bond donors (Lipinski definition) is 2. The SMILES string of the molecule is CCn1c(SCC(=O)Nc2ccc(Br)c(Cl)c2)nnc1[C@@H](C)NC(=O)c1ccccc1F. The molecule has 0 aliphatic carbocycles. The van der Waals surface area contributed by atoms with Crippen LogP contribution in [0.5, 0.6) is 0 Å². The monoisotopic (exact) mass is 539 g/mol. The van der Waals surface area contributed by atoms with Crippen molar-refractivity contribution in [3.05, 3.63) is 69.2 Å². The lowest BCUT2D eigenvalue weighted by Gasteiger charge is -2.15. The molecule has 11 heteroatoms. The van der Waals surface area contributed by atoms with E-state index < -0.39 is 17.8 Å². The van der Waals surface area contributed by atoms with Crippen molar-refractivity contribution < 1.29 is 14.0 Å². The van der Waals surface area contributed by atoms with Crippen LogP contribution in [0, 0.1) is 5.82 Å². The van der Waals surface area contributed by atoms with Gasteiger partial charge in [0.15, 0.2) is 11.0 Å². The Labute approximate surface area is 202 Å². The van der Waals surface area contributed by atoms with Crippen LogP contribution >= 0.6 is 39.3 Å². The van der Waals surface area contributed by atoms with Crippen LogP contribution in [0.1, 0.15) is 36.1 Å². The molecule has 0 saturated heterocycles. The predicted molar refractivity (Wildman–Crippen MR) is 126 cm³/mol. The standard InChI is InChI=1S/C21H20BrClFN5O2S/c1-3-29-19(12(2)25-20(31)14-6-4-5-7-17(14)24)27-28-21(29)32-11-18(30)26-13-8-9-15(22)16(23)10-13/h4-10,12H,3,11H2,1-2H3,(H,25,31)(H,26,30)/t12-/m1/s1. The van der Waals surface area contributed by atoms with Gasteiger partial charge in [0, 0.05) is 16.7 Å². The minimum atomic E-state index is -0.594. The fraction of sp³-hybridized carbons (Fsp3) is 0.238. The normalized spacial score (nSPS) is 11.8. The number of thioether (sulfide) groups is 1. The lowest BCUT2D eigenvalue weighted by molar-refractivity contribution is -0.113. The van der Waals surface area contributed by atoms with E-state index >= 15 is 0 Å². The van der Waals surface area contributed by atoms with Gasteiger partial charge in [-0.3, -0.25) is 9.59 Å². The number of nitrogens with one attached hydrogen (secondary N) is 2. The fourth-order valence-electron chi connectivity index (χ4n) is 2.91. The molecule has 0 spiro atoms. The van der Waals surface area contributed by atoms with Crippen LogP contribution in [0.3, 0.4) is 0 Å². The molecule has 0 saturated carbocycles. The lowest BCUT2D eigenvalue weighted by atomic mass is 10.2. The number of hydrogen-bond acceptors (Lipinski definition) is 5. The quantitative estimate of drug-likeness (QED) is 0.389. The highest BCUT2D eigenvalue weighted by molar-refractivity contribution is 9.10. The molecule has 32 heavy (non-hydrogen) atoms. The summed E-state index contributed by atoms with van der Waals surface area (Å²) in [6, 6.07) is 10.4. The van der Waals surface area contributed by atoms with Gasteiger partial charge in [-0.1, -0.05) is 35.5 Å². The Morgan fingerprint density at radius 3 is 2.69 bits per heavy atom. The Kier molecular flexibility index (Phi) is 8.27. The fourth-order valence-corrected chi connectivity index (χ4v) is 4.15. The second kappa shape index (κ2) is 10.9. The topological polar surface area (TPSA) is 88.9 Å². The minimum Gasteiger partial charge on any atom is -0.342 e. The van der Waals surface area contributed by atoms with E-state index in [1.54, 1.807) is 35.8 Å². The number of carbonyl (C=O) groups is 2. The van der Waals surface area contributed by atoms with Crippen molar-refractivity contribution >= 4 is 56.8 Å². The van der Waals surface area contributed by atoms with E-state index in [0.29, 0.717) is 28.2 Å². The molecule has 0 fully saturated rings. The Balaban J connectivity index is 1.63. The van der Waals surface area contributed by atoms with Crippen LogP contribution in [0.4, 0.5) is 10.1 Å². The highest BCUT2D eigenvalue weighted by atomic mass is 79.9. The van der Waals surface area contributed by atoms with Crippen molar-refractivity contribution in [3.8, 4) is 0 Å². The summed E-state index contributed by atoms with van der Waals surface area (Å²) in [6.07, 6.45) is 0. The summed E-state index contributed by atoms with van der Waals surface area (Å²) in [5.74, 6) is -0.727. The highest BCUT2D eigenvalue weighted by Crippen LogP contribution is 2.26. The smallest absolute Gasteiger partial charge is 0.254 e. The van der Waals surface area contributed by atoms with Crippen molar-refractivity contribution in [1.82, 2.24) is 20.1 Å². The Hall–Kier alpha value is -2.43. The number of carbonyl (C=O) groups excluding carboxylic acids is 2. The van der Waals surface area contributed by atoms with Crippen molar-refractivity contribution in [2.45, 2.75) is 31.6 Å². The molecular weight excluding hydrogens is 521 g/mol. The molecule has 3 rings (SSSR count). The van der Waals surface area contributed by atoms with Gasteiger partial charge >= 0.3 is 0 Å². The zero-order chi connectivity index (χ0) is 23.3. The molecule has 0 bridgehead atoms. The van der Waals surface area contributed by atoms with Crippen molar-refractivity contribution in [1.29, 1.82) is 0 Å². The van der Waals surface area contributed by atoms with E-state index in [-0.39, 0.29) is 17.2 Å². The average Bonchev–Trinajstić information content (AvgIpc) is 3.18. The van der Waals surface area contributed by atoms with E-state index in [4.69, 9.17) is 11.6 Å².